The lowest BCUT2D eigenvalue weighted by molar-refractivity contribution is 0.174. The molecule has 2 aromatic rings. The van der Waals surface area contributed by atoms with Gasteiger partial charge in [0.15, 0.2) is 16.6 Å². The Bertz CT molecular complexity index is 838. The molecule has 7 heteroatoms. The van der Waals surface area contributed by atoms with E-state index in [1.165, 1.54) is 11.3 Å². The van der Waals surface area contributed by atoms with Gasteiger partial charge < -0.3 is 24.6 Å². The van der Waals surface area contributed by atoms with Crippen LogP contribution in [0.4, 0.5) is 11.4 Å². The number of thiocarbonyl (C=S) groups is 1. The number of ether oxygens (including phenoxy) is 2. The molecule has 2 aliphatic heterocycles. The first-order chi connectivity index (χ1) is 12.6. The molecule has 0 radical (unpaired) electrons. The van der Waals surface area contributed by atoms with E-state index in [1.807, 2.05) is 30.3 Å². The molecule has 2 aromatic carbocycles. The molecule has 2 heterocycles. The van der Waals surface area contributed by atoms with Crippen LogP contribution in [-0.2, 0) is 0 Å². The van der Waals surface area contributed by atoms with Crippen LogP contribution in [-0.4, -0.2) is 43.0 Å². The summed E-state index contributed by atoms with van der Waals surface area (Å²) in [6.45, 7) is 5.93. The van der Waals surface area contributed by atoms with Crippen LogP contribution >= 0.6 is 23.8 Å². The Morgan fingerprint density at radius 3 is 2.62 bits per heavy atom. The number of piperazine rings is 1. The molecule has 5 nitrogen and oxygen atoms in total. The molecule has 2 aliphatic rings. The standard InChI is InChI=1S/C19H20ClN3O2S/c1-13-2-3-14(20)10-16(13)22-6-8-23(9-7-22)19(26)21-15-4-5-17-18(11-15)25-12-24-17/h2-5,10-11H,6-9,12H2,1H3,(H,21,26). The lowest BCUT2D eigenvalue weighted by Crippen LogP contribution is -2.50. The summed E-state index contributed by atoms with van der Waals surface area (Å²) in [5.41, 5.74) is 3.35. The molecule has 136 valence electrons. The first-order valence-corrected chi connectivity index (χ1v) is 9.35. The maximum absolute atomic E-state index is 6.16. The van der Waals surface area contributed by atoms with Crippen LogP contribution < -0.4 is 19.7 Å². The second kappa shape index (κ2) is 7.21. The van der Waals surface area contributed by atoms with E-state index >= 15 is 0 Å². The highest BCUT2D eigenvalue weighted by Gasteiger charge is 2.21. The molecule has 0 spiro atoms. The fraction of sp³-hybridized carbons (Fsp3) is 0.316. The highest BCUT2D eigenvalue weighted by Crippen LogP contribution is 2.34. The number of fused-ring (bicyclic) bond motifs is 1. The Morgan fingerprint density at radius 1 is 1.04 bits per heavy atom. The number of nitrogens with one attached hydrogen (secondary N) is 1. The fourth-order valence-corrected chi connectivity index (χ4v) is 3.72. The quantitative estimate of drug-likeness (QED) is 0.785. The summed E-state index contributed by atoms with van der Waals surface area (Å²) >= 11 is 11.7. The topological polar surface area (TPSA) is 37.0 Å². The van der Waals surface area contributed by atoms with Gasteiger partial charge in [0.05, 0.1) is 0 Å². The number of hydrogen-bond acceptors (Lipinski definition) is 4. The monoisotopic (exact) mass is 389 g/mol. The smallest absolute Gasteiger partial charge is 0.231 e. The zero-order valence-corrected chi connectivity index (χ0v) is 16.1. The Balaban J connectivity index is 1.37. The van der Waals surface area contributed by atoms with Crippen molar-refractivity contribution < 1.29 is 9.47 Å². The van der Waals surface area contributed by atoms with Crippen molar-refractivity contribution in [3.63, 3.8) is 0 Å². The predicted octanol–water partition coefficient (Wildman–Crippen LogP) is 3.90. The number of rotatable bonds is 2. The lowest BCUT2D eigenvalue weighted by Gasteiger charge is -2.38. The number of hydrogen-bond donors (Lipinski definition) is 1. The van der Waals surface area contributed by atoms with E-state index in [4.69, 9.17) is 33.3 Å². The molecule has 4 rings (SSSR count). The molecular formula is C19H20ClN3O2S. The third-order valence-electron chi connectivity index (χ3n) is 4.70. The first-order valence-electron chi connectivity index (χ1n) is 8.57. The molecule has 0 bridgehead atoms. The van der Waals surface area contributed by atoms with Gasteiger partial charge in [0.25, 0.3) is 0 Å². The van der Waals surface area contributed by atoms with E-state index in [2.05, 4.69) is 28.1 Å². The van der Waals surface area contributed by atoms with Crippen molar-refractivity contribution in [1.29, 1.82) is 0 Å². The molecule has 1 N–H and O–H groups in total. The first kappa shape index (κ1) is 17.2. The van der Waals surface area contributed by atoms with Gasteiger partial charge in [0, 0.05) is 48.6 Å². The minimum absolute atomic E-state index is 0.272. The molecule has 0 aromatic heterocycles. The highest BCUT2D eigenvalue weighted by atomic mass is 35.5. The van der Waals surface area contributed by atoms with Crippen LogP contribution in [0.2, 0.25) is 5.02 Å². The van der Waals surface area contributed by atoms with Crippen LogP contribution in [0.15, 0.2) is 36.4 Å². The van der Waals surface area contributed by atoms with Gasteiger partial charge in [-0.05, 0) is 49.0 Å². The Morgan fingerprint density at radius 2 is 1.81 bits per heavy atom. The van der Waals surface area contributed by atoms with E-state index in [-0.39, 0.29) is 6.79 Å². The highest BCUT2D eigenvalue weighted by molar-refractivity contribution is 7.80. The number of aryl methyl sites for hydroxylation is 1. The van der Waals surface area contributed by atoms with E-state index in [9.17, 15) is 0 Å². The molecule has 0 saturated carbocycles. The molecule has 0 atom stereocenters. The van der Waals surface area contributed by atoms with Crippen LogP contribution in [0.1, 0.15) is 5.56 Å². The van der Waals surface area contributed by atoms with Gasteiger partial charge >= 0.3 is 0 Å². The van der Waals surface area contributed by atoms with Crippen molar-refractivity contribution in [2.45, 2.75) is 6.92 Å². The molecule has 0 aliphatic carbocycles. The predicted molar refractivity (Wildman–Crippen MR) is 109 cm³/mol. The average molecular weight is 390 g/mol. The summed E-state index contributed by atoms with van der Waals surface area (Å²) < 4.78 is 10.8. The normalized spacial score (nSPS) is 15.9. The van der Waals surface area contributed by atoms with Crippen molar-refractivity contribution in [3.8, 4) is 11.5 Å². The third-order valence-corrected chi connectivity index (χ3v) is 5.30. The Labute approximate surface area is 163 Å². The van der Waals surface area contributed by atoms with Gasteiger partial charge in [0.2, 0.25) is 6.79 Å². The van der Waals surface area contributed by atoms with Gasteiger partial charge in [-0.3, -0.25) is 0 Å². The summed E-state index contributed by atoms with van der Waals surface area (Å²) in [5.74, 6) is 1.52. The number of benzene rings is 2. The molecule has 1 saturated heterocycles. The fourth-order valence-electron chi connectivity index (χ4n) is 3.25. The van der Waals surface area contributed by atoms with E-state index < -0.39 is 0 Å². The summed E-state index contributed by atoms with van der Waals surface area (Å²) in [5, 5.41) is 4.80. The summed E-state index contributed by atoms with van der Waals surface area (Å²) in [4.78, 5) is 4.55. The number of nitrogens with zero attached hydrogens (tertiary/aromatic N) is 2. The maximum Gasteiger partial charge on any atom is 0.231 e. The summed E-state index contributed by atoms with van der Waals surface area (Å²) in [6, 6.07) is 11.8. The number of halogens is 1. The zero-order chi connectivity index (χ0) is 18.1. The molecule has 0 unspecified atom stereocenters. The van der Waals surface area contributed by atoms with Crippen molar-refractivity contribution in [3.05, 3.63) is 47.0 Å². The SMILES string of the molecule is Cc1ccc(Cl)cc1N1CCN(C(=S)Nc2ccc3c(c2)OCO3)CC1. The summed E-state index contributed by atoms with van der Waals surface area (Å²) in [7, 11) is 0. The molecular weight excluding hydrogens is 370 g/mol. The number of anilines is 2. The van der Waals surface area contributed by atoms with Crippen LogP contribution in [0.3, 0.4) is 0 Å². The minimum Gasteiger partial charge on any atom is -0.454 e. The van der Waals surface area contributed by atoms with Gasteiger partial charge in [-0.2, -0.15) is 0 Å². The van der Waals surface area contributed by atoms with Gasteiger partial charge in [0.1, 0.15) is 0 Å². The molecule has 1 fully saturated rings. The van der Waals surface area contributed by atoms with Crippen molar-refractivity contribution >= 4 is 40.3 Å². The lowest BCUT2D eigenvalue weighted by atomic mass is 10.1. The third kappa shape index (κ3) is 3.52. The largest absolute Gasteiger partial charge is 0.454 e. The van der Waals surface area contributed by atoms with Crippen molar-refractivity contribution in [1.82, 2.24) is 4.90 Å². The molecule has 26 heavy (non-hydrogen) atoms. The molecule has 0 amide bonds. The van der Waals surface area contributed by atoms with E-state index in [0.29, 0.717) is 0 Å². The van der Waals surface area contributed by atoms with E-state index in [0.717, 1.165) is 53.5 Å². The Hall–Kier alpha value is -2.18. The minimum atomic E-state index is 0.272. The second-order valence-corrected chi connectivity index (χ2v) is 7.23. The average Bonchev–Trinajstić information content (AvgIpc) is 3.11. The van der Waals surface area contributed by atoms with Gasteiger partial charge in [-0.15, -0.1) is 0 Å². The Kier molecular flexibility index (Phi) is 4.78. The maximum atomic E-state index is 6.16. The van der Waals surface area contributed by atoms with Crippen LogP contribution in [0.5, 0.6) is 11.5 Å². The zero-order valence-electron chi connectivity index (χ0n) is 14.5. The van der Waals surface area contributed by atoms with Crippen LogP contribution in [0, 0.1) is 6.92 Å². The van der Waals surface area contributed by atoms with Gasteiger partial charge in [-0.1, -0.05) is 17.7 Å². The van der Waals surface area contributed by atoms with Crippen molar-refractivity contribution in [2.75, 3.05) is 43.2 Å². The second-order valence-electron chi connectivity index (χ2n) is 6.40. The summed E-state index contributed by atoms with van der Waals surface area (Å²) in [6.07, 6.45) is 0. The van der Waals surface area contributed by atoms with Crippen molar-refractivity contribution in [2.24, 2.45) is 0 Å². The van der Waals surface area contributed by atoms with Gasteiger partial charge in [-0.25, -0.2) is 0 Å². The van der Waals surface area contributed by atoms with E-state index in [1.54, 1.807) is 0 Å². The van der Waals surface area contributed by atoms with Crippen LogP contribution in [0.25, 0.3) is 0 Å².